The molecule has 1 saturated heterocycles. The third kappa shape index (κ3) is 4.25. The van der Waals surface area contributed by atoms with Gasteiger partial charge in [-0.05, 0) is 42.8 Å². The van der Waals surface area contributed by atoms with E-state index >= 15 is 0 Å². The summed E-state index contributed by atoms with van der Waals surface area (Å²) in [7, 11) is 0. The SMILES string of the molecule is C[C@H]1CN(c2ncccc2Cl)CCN1c1cc(-c2ccc(Cl)c(F)c2)nc(Cl)n1. The lowest BCUT2D eigenvalue weighted by Crippen LogP contribution is -2.52. The maximum atomic E-state index is 13.9. The van der Waals surface area contributed by atoms with Crippen molar-refractivity contribution in [1.29, 1.82) is 0 Å². The molecule has 3 heterocycles. The van der Waals surface area contributed by atoms with Crippen molar-refractivity contribution in [2.45, 2.75) is 13.0 Å². The lowest BCUT2D eigenvalue weighted by molar-refractivity contribution is 0.542. The van der Waals surface area contributed by atoms with Gasteiger partial charge in [-0.15, -0.1) is 0 Å². The second-order valence-corrected chi connectivity index (χ2v) is 7.96. The highest BCUT2D eigenvalue weighted by molar-refractivity contribution is 6.33. The molecule has 3 aromatic rings. The zero-order valence-electron chi connectivity index (χ0n) is 15.5. The summed E-state index contributed by atoms with van der Waals surface area (Å²) in [5.74, 6) is 0.961. The number of halogens is 4. The van der Waals surface area contributed by atoms with Crippen LogP contribution in [0, 0.1) is 5.82 Å². The molecule has 9 heteroatoms. The first-order valence-corrected chi connectivity index (χ1v) is 10.2. The van der Waals surface area contributed by atoms with Crippen LogP contribution in [0.3, 0.4) is 0 Å². The van der Waals surface area contributed by atoms with Gasteiger partial charge in [0.1, 0.15) is 17.5 Å². The van der Waals surface area contributed by atoms with Gasteiger partial charge in [0.15, 0.2) is 0 Å². The highest BCUT2D eigenvalue weighted by atomic mass is 35.5. The van der Waals surface area contributed by atoms with Gasteiger partial charge in [-0.2, -0.15) is 0 Å². The molecular formula is C20H17Cl3FN5. The van der Waals surface area contributed by atoms with Gasteiger partial charge in [0, 0.05) is 43.5 Å². The molecule has 0 saturated carbocycles. The Bertz CT molecular complexity index is 1050. The van der Waals surface area contributed by atoms with E-state index < -0.39 is 5.82 Å². The van der Waals surface area contributed by atoms with Crippen LogP contribution in [0.4, 0.5) is 16.0 Å². The molecule has 2 aromatic heterocycles. The van der Waals surface area contributed by atoms with Crippen molar-refractivity contribution >= 4 is 46.4 Å². The summed E-state index contributed by atoms with van der Waals surface area (Å²) in [6.07, 6.45) is 1.74. The minimum Gasteiger partial charge on any atom is -0.352 e. The summed E-state index contributed by atoms with van der Waals surface area (Å²) in [4.78, 5) is 17.3. The number of hydrogen-bond donors (Lipinski definition) is 0. The third-order valence-corrected chi connectivity index (χ3v) is 5.63. The van der Waals surface area contributed by atoms with E-state index in [2.05, 4.69) is 31.7 Å². The molecule has 0 amide bonds. The van der Waals surface area contributed by atoms with Gasteiger partial charge in [-0.1, -0.05) is 29.3 Å². The third-order valence-electron chi connectivity index (χ3n) is 4.86. The van der Waals surface area contributed by atoms with Gasteiger partial charge in [0.05, 0.1) is 15.7 Å². The van der Waals surface area contributed by atoms with E-state index in [9.17, 15) is 4.39 Å². The number of piperazine rings is 1. The van der Waals surface area contributed by atoms with Crippen molar-refractivity contribution in [2.75, 3.05) is 29.4 Å². The van der Waals surface area contributed by atoms with Crippen LogP contribution in [0.2, 0.25) is 15.3 Å². The number of rotatable bonds is 3. The van der Waals surface area contributed by atoms with E-state index in [1.54, 1.807) is 12.3 Å². The Morgan fingerprint density at radius 1 is 1.03 bits per heavy atom. The van der Waals surface area contributed by atoms with E-state index in [1.165, 1.54) is 12.1 Å². The quantitative estimate of drug-likeness (QED) is 0.501. The molecule has 0 unspecified atom stereocenters. The highest BCUT2D eigenvalue weighted by Gasteiger charge is 2.27. The van der Waals surface area contributed by atoms with Crippen LogP contribution >= 0.6 is 34.8 Å². The topological polar surface area (TPSA) is 45.2 Å². The molecule has 0 aliphatic carbocycles. The summed E-state index contributed by atoms with van der Waals surface area (Å²) in [5.41, 5.74) is 1.13. The van der Waals surface area contributed by atoms with Gasteiger partial charge in [-0.25, -0.2) is 19.3 Å². The number of benzene rings is 1. The average molecular weight is 453 g/mol. The predicted octanol–water partition coefficient (Wildman–Crippen LogP) is 5.35. The number of hydrogen-bond acceptors (Lipinski definition) is 5. The first-order valence-electron chi connectivity index (χ1n) is 9.04. The lowest BCUT2D eigenvalue weighted by Gasteiger charge is -2.41. The van der Waals surface area contributed by atoms with Crippen LogP contribution in [0.15, 0.2) is 42.6 Å². The predicted molar refractivity (Wildman–Crippen MR) is 116 cm³/mol. The lowest BCUT2D eigenvalue weighted by atomic mass is 10.1. The summed E-state index contributed by atoms with van der Waals surface area (Å²) in [6, 6.07) is 10.1. The first-order chi connectivity index (χ1) is 13.9. The second-order valence-electron chi connectivity index (χ2n) is 6.81. The molecule has 1 aromatic carbocycles. The molecule has 5 nitrogen and oxygen atoms in total. The zero-order chi connectivity index (χ0) is 20.5. The van der Waals surface area contributed by atoms with E-state index in [0.717, 1.165) is 18.9 Å². The molecule has 1 aliphatic rings. The van der Waals surface area contributed by atoms with Crippen LogP contribution in [0.25, 0.3) is 11.3 Å². The Morgan fingerprint density at radius 3 is 2.59 bits per heavy atom. The maximum absolute atomic E-state index is 13.9. The van der Waals surface area contributed by atoms with Gasteiger partial charge in [0.25, 0.3) is 0 Å². The smallest absolute Gasteiger partial charge is 0.224 e. The molecule has 0 N–H and O–H groups in total. The largest absolute Gasteiger partial charge is 0.352 e. The maximum Gasteiger partial charge on any atom is 0.224 e. The molecule has 150 valence electrons. The Kier molecular flexibility index (Phi) is 5.76. The number of nitrogens with zero attached hydrogens (tertiary/aromatic N) is 5. The molecular weight excluding hydrogens is 436 g/mol. The summed E-state index contributed by atoms with van der Waals surface area (Å²) >= 11 is 18.3. The molecule has 29 heavy (non-hydrogen) atoms. The first kappa shape index (κ1) is 20.1. The molecule has 1 aliphatic heterocycles. The summed E-state index contributed by atoms with van der Waals surface area (Å²) in [5, 5.41) is 0.799. The van der Waals surface area contributed by atoms with Crippen molar-refractivity contribution < 1.29 is 4.39 Å². The van der Waals surface area contributed by atoms with Crippen molar-refractivity contribution in [3.05, 3.63) is 63.7 Å². The van der Waals surface area contributed by atoms with E-state index in [1.807, 2.05) is 18.2 Å². The normalized spacial score (nSPS) is 16.9. The van der Waals surface area contributed by atoms with Crippen molar-refractivity contribution in [2.24, 2.45) is 0 Å². The van der Waals surface area contributed by atoms with Gasteiger partial charge < -0.3 is 9.80 Å². The van der Waals surface area contributed by atoms with Crippen LogP contribution < -0.4 is 9.80 Å². The standard InChI is InChI=1S/C20H17Cl3FN5/c1-12-11-28(19-15(22)3-2-6-25-19)7-8-29(12)18-10-17(26-20(23)27-18)13-4-5-14(21)16(24)9-13/h2-6,9-10,12H,7-8,11H2,1H3/t12-/m0/s1. The van der Waals surface area contributed by atoms with Crippen molar-refractivity contribution in [1.82, 2.24) is 15.0 Å². The molecule has 0 bridgehead atoms. The van der Waals surface area contributed by atoms with E-state index in [-0.39, 0.29) is 16.3 Å². The highest BCUT2D eigenvalue weighted by Crippen LogP contribution is 2.30. The Labute approximate surface area is 183 Å². The second kappa shape index (κ2) is 8.30. The Hall–Kier alpha value is -2.15. The van der Waals surface area contributed by atoms with Gasteiger partial charge >= 0.3 is 0 Å². The molecule has 0 radical (unpaired) electrons. The summed E-state index contributed by atoms with van der Waals surface area (Å²) < 4.78 is 13.9. The monoisotopic (exact) mass is 451 g/mol. The van der Waals surface area contributed by atoms with Crippen LogP contribution in [-0.4, -0.2) is 40.6 Å². The van der Waals surface area contributed by atoms with Crippen LogP contribution in [0.1, 0.15) is 6.92 Å². The molecule has 1 atom stereocenters. The number of anilines is 2. The number of aromatic nitrogens is 3. The Morgan fingerprint density at radius 2 is 1.86 bits per heavy atom. The zero-order valence-corrected chi connectivity index (χ0v) is 17.8. The van der Waals surface area contributed by atoms with Crippen LogP contribution in [-0.2, 0) is 0 Å². The van der Waals surface area contributed by atoms with Crippen molar-refractivity contribution in [3.63, 3.8) is 0 Å². The average Bonchev–Trinajstić information content (AvgIpc) is 2.70. The minimum atomic E-state index is -0.505. The van der Waals surface area contributed by atoms with E-state index in [4.69, 9.17) is 34.8 Å². The van der Waals surface area contributed by atoms with E-state index in [0.29, 0.717) is 28.6 Å². The fourth-order valence-electron chi connectivity index (χ4n) is 3.46. The van der Waals surface area contributed by atoms with Crippen LogP contribution in [0.5, 0.6) is 0 Å². The fourth-order valence-corrected chi connectivity index (χ4v) is 3.99. The molecule has 1 fully saturated rings. The van der Waals surface area contributed by atoms with Gasteiger partial charge in [0.2, 0.25) is 5.28 Å². The molecule has 0 spiro atoms. The minimum absolute atomic E-state index is 0.0621. The van der Waals surface area contributed by atoms with Crippen molar-refractivity contribution in [3.8, 4) is 11.3 Å². The van der Waals surface area contributed by atoms with Gasteiger partial charge in [-0.3, -0.25) is 0 Å². The molecule has 4 rings (SSSR count). The Balaban J connectivity index is 1.60. The fraction of sp³-hybridized carbons (Fsp3) is 0.250. The summed E-state index contributed by atoms with van der Waals surface area (Å²) in [6.45, 7) is 4.26. The number of pyridine rings is 1.